The second-order valence-corrected chi connectivity index (χ2v) is 10.0. The number of hydrogen-bond acceptors (Lipinski definition) is 4. The van der Waals surface area contributed by atoms with E-state index in [1.807, 2.05) is 38.1 Å². The molecule has 1 N–H and O–H groups in total. The van der Waals surface area contributed by atoms with E-state index in [2.05, 4.69) is 27.9 Å². The van der Waals surface area contributed by atoms with Gasteiger partial charge in [-0.3, -0.25) is 14.9 Å². The maximum Gasteiger partial charge on any atom is 0.335 e. The fourth-order valence-corrected chi connectivity index (χ4v) is 4.43. The van der Waals surface area contributed by atoms with E-state index in [-0.39, 0.29) is 22.2 Å². The molecule has 3 aromatic carbocycles. The van der Waals surface area contributed by atoms with Gasteiger partial charge < -0.3 is 4.74 Å². The van der Waals surface area contributed by atoms with E-state index in [4.69, 9.17) is 27.9 Å². The van der Waals surface area contributed by atoms with Crippen molar-refractivity contribution in [3.63, 3.8) is 0 Å². The maximum absolute atomic E-state index is 13.2. The Balaban J connectivity index is 1.61. The van der Waals surface area contributed by atoms with Crippen molar-refractivity contribution in [3.8, 4) is 5.75 Å². The number of rotatable bonds is 5. The molecule has 178 valence electrons. The van der Waals surface area contributed by atoms with Crippen LogP contribution in [-0.2, 0) is 16.2 Å². The van der Waals surface area contributed by atoms with Crippen LogP contribution in [0.4, 0.5) is 10.5 Å². The van der Waals surface area contributed by atoms with Crippen LogP contribution in [0, 0.1) is 17.4 Å². The molecule has 1 aliphatic heterocycles. The highest BCUT2D eigenvalue weighted by Crippen LogP contribution is 2.36. The van der Waals surface area contributed by atoms with Crippen LogP contribution in [0.3, 0.4) is 0 Å². The zero-order valence-electron chi connectivity index (χ0n) is 18.7. The number of urea groups is 1. The molecule has 1 fully saturated rings. The van der Waals surface area contributed by atoms with Gasteiger partial charge in [0.25, 0.3) is 11.8 Å². The SMILES string of the molecule is Cc1ccc(N2C(=O)NC(=O)/C(=C\c3cc(Cl)c(OCc4ccc(I)cc4)c(Cl)c3)C2=O)cc1C. The van der Waals surface area contributed by atoms with Crippen LogP contribution in [0.15, 0.2) is 60.2 Å². The number of carbonyl (C=O) groups is 3. The van der Waals surface area contributed by atoms with Gasteiger partial charge in [0.1, 0.15) is 12.2 Å². The minimum atomic E-state index is -0.809. The second kappa shape index (κ2) is 10.4. The smallest absolute Gasteiger partial charge is 0.335 e. The van der Waals surface area contributed by atoms with Gasteiger partial charge in [-0.05, 0) is 101 Å². The van der Waals surface area contributed by atoms with Gasteiger partial charge in [0.2, 0.25) is 0 Å². The van der Waals surface area contributed by atoms with Crippen molar-refractivity contribution in [1.29, 1.82) is 0 Å². The molecule has 3 aromatic rings. The molecule has 0 aliphatic carbocycles. The maximum atomic E-state index is 13.2. The van der Waals surface area contributed by atoms with Crippen molar-refractivity contribution >= 4 is 75.4 Å². The lowest BCUT2D eigenvalue weighted by Gasteiger charge is -2.27. The van der Waals surface area contributed by atoms with E-state index in [1.54, 1.807) is 30.3 Å². The summed E-state index contributed by atoms with van der Waals surface area (Å²) in [5.74, 6) is -1.25. The van der Waals surface area contributed by atoms with Gasteiger partial charge >= 0.3 is 6.03 Å². The monoisotopic (exact) mass is 620 g/mol. The molecule has 0 radical (unpaired) electrons. The summed E-state index contributed by atoms with van der Waals surface area (Å²) in [6, 6.07) is 15.3. The van der Waals surface area contributed by atoms with Crippen LogP contribution >= 0.6 is 45.8 Å². The Hall–Kier alpha value is -2.88. The summed E-state index contributed by atoms with van der Waals surface area (Å²) in [6.45, 7) is 4.07. The van der Waals surface area contributed by atoms with E-state index >= 15 is 0 Å². The number of nitrogens with one attached hydrogen (secondary N) is 1. The van der Waals surface area contributed by atoms with Crippen LogP contribution in [0.5, 0.6) is 5.75 Å². The Labute approximate surface area is 226 Å². The summed E-state index contributed by atoms with van der Waals surface area (Å²) in [6.07, 6.45) is 1.35. The molecule has 4 amide bonds. The Morgan fingerprint density at radius 1 is 0.943 bits per heavy atom. The highest BCUT2D eigenvalue weighted by Gasteiger charge is 2.37. The number of halogens is 3. The first-order valence-corrected chi connectivity index (χ1v) is 12.3. The third-order valence-corrected chi connectivity index (χ3v) is 6.76. The largest absolute Gasteiger partial charge is 0.486 e. The Kier molecular flexibility index (Phi) is 7.49. The molecule has 0 aromatic heterocycles. The van der Waals surface area contributed by atoms with Gasteiger partial charge in [0.05, 0.1) is 15.7 Å². The molecule has 1 aliphatic rings. The highest BCUT2D eigenvalue weighted by molar-refractivity contribution is 14.1. The molecule has 9 heteroatoms. The standard InChI is InChI=1S/C26H19Cl2IN2O4/c1-14-3-8-19(9-15(14)2)31-25(33)20(24(32)30-26(31)34)10-17-11-21(27)23(22(28)12-17)35-13-16-4-6-18(29)7-5-16/h3-12H,13H2,1-2H3,(H,30,32,34)/b20-10+. The quantitative estimate of drug-likeness (QED) is 0.202. The number of benzene rings is 3. The molecule has 0 bridgehead atoms. The third kappa shape index (κ3) is 5.52. The minimum Gasteiger partial charge on any atom is -0.486 e. The Morgan fingerprint density at radius 3 is 2.23 bits per heavy atom. The second-order valence-electron chi connectivity index (χ2n) is 7.96. The predicted molar refractivity (Wildman–Crippen MR) is 145 cm³/mol. The molecule has 1 saturated heterocycles. The fourth-order valence-electron chi connectivity index (χ4n) is 3.46. The van der Waals surface area contributed by atoms with E-state index in [1.165, 1.54) is 6.08 Å². The predicted octanol–water partition coefficient (Wildman–Crippen LogP) is 6.46. The number of carbonyl (C=O) groups excluding carboxylic acids is 3. The van der Waals surface area contributed by atoms with E-state index in [9.17, 15) is 14.4 Å². The van der Waals surface area contributed by atoms with Crippen molar-refractivity contribution in [2.24, 2.45) is 0 Å². The van der Waals surface area contributed by atoms with Crippen LogP contribution in [-0.4, -0.2) is 17.8 Å². The normalized spacial score (nSPS) is 14.9. The number of nitrogens with zero attached hydrogens (tertiary/aromatic N) is 1. The number of barbiturate groups is 1. The zero-order valence-corrected chi connectivity index (χ0v) is 22.4. The third-order valence-electron chi connectivity index (χ3n) is 5.48. The van der Waals surface area contributed by atoms with Crippen molar-refractivity contribution in [1.82, 2.24) is 5.32 Å². The summed E-state index contributed by atoms with van der Waals surface area (Å²) in [5.41, 5.74) is 3.43. The molecule has 0 saturated carbocycles. The molecule has 0 spiro atoms. The molecule has 6 nitrogen and oxygen atoms in total. The fraction of sp³-hybridized carbons (Fsp3) is 0.115. The van der Waals surface area contributed by atoms with Gasteiger partial charge in [-0.25, -0.2) is 9.69 Å². The van der Waals surface area contributed by atoms with Gasteiger partial charge in [-0.1, -0.05) is 41.4 Å². The molecular weight excluding hydrogens is 602 g/mol. The number of imide groups is 2. The van der Waals surface area contributed by atoms with Crippen LogP contribution in [0.1, 0.15) is 22.3 Å². The molecule has 1 heterocycles. The van der Waals surface area contributed by atoms with Crippen LogP contribution in [0.2, 0.25) is 10.0 Å². The summed E-state index contributed by atoms with van der Waals surface area (Å²) < 4.78 is 6.91. The molecule has 0 atom stereocenters. The summed E-state index contributed by atoms with van der Waals surface area (Å²) in [4.78, 5) is 39.0. The number of ether oxygens (including phenoxy) is 1. The molecule has 4 rings (SSSR count). The first kappa shape index (κ1) is 25.2. The van der Waals surface area contributed by atoms with Crippen molar-refractivity contribution in [3.05, 3.63) is 96.0 Å². The minimum absolute atomic E-state index is 0.220. The molecule has 35 heavy (non-hydrogen) atoms. The van der Waals surface area contributed by atoms with E-state index < -0.39 is 17.8 Å². The lowest BCUT2D eigenvalue weighted by atomic mass is 10.0. The molecule has 0 unspecified atom stereocenters. The number of amides is 4. The van der Waals surface area contributed by atoms with Crippen molar-refractivity contribution in [2.45, 2.75) is 20.5 Å². The average molecular weight is 621 g/mol. The van der Waals surface area contributed by atoms with Gasteiger partial charge in [0.15, 0.2) is 5.75 Å². The zero-order chi connectivity index (χ0) is 25.3. The lowest BCUT2D eigenvalue weighted by Crippen LogP contribution is -2.54. The Bertz CT molecular complexity index is 1360. The van der Waals surface area contributed by atoms with Gasteiger partial charge in [-0.15, -0.1) is 0 Å². The van der Waals surface area contributed by atoms with Crippen LogP contribution in [0.25, 0.3) is 6.08 Å². The van der Waals surface area contributed by atoms with E-state index in [0.717, 1.165) is 25.2 Å². The first-order valence-electron chi connectivity index (χ1n) is 10.5. The van der Waals surface area contributed by atoms with E-state index in [0.29, 0.717) is 17.0 Å². The topological polar surface area (TPSA) is 75.7 Å². The number of hydrogen-bond donors (Lipinski definition) is 1. The Morgan fingerprint density at radius 2 is 1.60 bits per heavy atom. The highest BCUT2D eigenvalue weighted by atomic mass is 127. The lowest BCUT2D eigenvalue weighted by molar-refractivity contribution is -0.122. The van der Waals surface area contributed by atoms with Crippen molar-refractivity contribution < 1.29 is 19.1 Å². The van der Waals surface area contributed by atoms with Crippen LogP contribution < -0.4 is 15.0 Å². The number of aryl methyl sites for hydroxylation is 2. The number of anilines is 1. The van der Waals surface area contributed by atoms with Gasteiger partial charge in [0, 0.05) is 3.57 Å². The van der Waals surface area contributed by atoms with Gasteiger partial charge in [-0.2, -0.15) is 0 Å². The first-order chi connectivity index (χ1) is 16.6. The summed E-state index contributed by atoms with van der Waals surface area (Å²) >= 11 is 15.0. The summed E-state index contributed by atoms with van der Waals surface area (Å²) in [5, 5.41) is 2.66. The molecular formula is C26H19Cl2IN2O4. The summed E-state index contributed by atoms with van der Waals surface area (Å²) in [7, 11) is 0. The average Bonchev–Trinajstić information content (AvgIpc) is 2.79. The van der Waals surface area contributed by atoms with Crippen molar-refractivity contribution in [2.75, 3.05) is 4.90 Å².